The molecule has 2 aromatic heterocycles. The minimum absolute atomic E-state index is 0.586. The van der Waals surface area contributed by atoms with Crippen molar-refractivity contribution in [3.63, 3.8) is 0 Å². The van der Waals surface area contributed by atoms with Crippen molar-refractivity contribution in [1.29, 1.82) is 0 Å². The third-order valence-corrected chi connectivity index (χ3v) is 10.4. The van der Waals surface area contributed by atoms with E-state index in [4.69, 9.17) is 19.4 Å². The fraction of sp³-hybridized carbons (Fsp3) is 0.0192. The van der Waals surface area contributed by atoms with Crippen LogP contribution < -0.4 is 0 Å². The number of hydrogen-bond acceptors (Lipinski definition) is 4. The second-order valence-corrected chi connectivity index (χ2v) is 14.1. The number of fused-ring (bicyclic) bond motifs is 3. The zero-order valence-corrected chi connectivity index (χ0v) is 30.7. The fourth-order valence-corrected chi connectivity index (χ4v) is 7.54. The van der Waals surface area contributed by atoms with Gasteiger partial charge in [-0.25, -0.2) is 15.0 Å². The Labute approximate surface area is 325 Å². The molecule has 0 aliphatic heterocycles. The number of hydrogen-bond donors (Lipinski definition) is 0. The maximum absolute atomic E-state index is 6.53. The Bertz CT molecular complexity index is 3000. The van der Waals surface area contributed by atoms with Crippen LogP contribution in [-0.4, -0.2) is 15.0 Å². The van der Waals surface area contributed by atoms with E-state index in [9.17, 15) is 0 Å². The first kappa shape index (κ1) is 33.2. The maximum Gasteiger partial charge on any atom is 0.164 e. The van der Waals surface area contributed by atoms with Crippen LogP contribution in [0.5, 0.6) is 0 Å². The van der Waals surface area contributed by atoms with Gasteiger partial charge in [0.15, 0.2) is 17.5 Å². The second-order valence-electron chi connectivity index (χ2n) is 14.1. The van der Waals surface area contributed by atoms with E-state index in [0.717, 1.165) is 60.9 Å². The van der Waals surface area contributed by atoms with Gasteiger partial charge >= 0.3 is 0 Å². The van der Waals surface area contributed by atoms with Gasteiger partial charge in [0, 0.05) is 27.5 Å². The Balaban J connectivity index is 1.02. The zero-order valence-electron chi connectivity index (χ0n) is 30.7. The summed E-state index contributed by atoms with van der Waals surface area (Å²) in [5, 5.41) is 2.14. The normalized spacial score (nSPS) is 11.3. The minimum Gasteiger partial charge on any atom is -0.456 e. The topological polar surface area (TPSA) is 51.8 Å². The Morgan fingerprint density at radius 1 is 0.321 bits per heavy atom. The molecule has 0 N–H and O–H groups in total. The summed E-state index contributed by atoms with van der Waals surface area (Å²) < 4.78 is 6.53. The standard InChI is InChI=1S/C52H35N3O/c1-34-11-8-16-41(31-34)43-18-9-17-42(32-43)37-23-27-40(28-24-37)51-53-50(39-14-6-3-7-15-39)54-52(55-51)44-29-30-46-48(33-44)56-47-20-10-19-45(49(46)47)38-25-21-36(22-26-38)35-12-4-2-5-13-35/h2-33H,1H3. The van der Waals surface area contributed by atoms with Crippen molar-refractivity contribution >= 4 is 21.9 Å². The van der Waals surface area contributed by atoms with Gasteiger partial charge in [-0.3, -0.25) is 0 Å². The van der Waals surface area contributed by atoms with E-state index in [0.29, 0.717) is 17.5 Å². The summed E-state index contributed by atoms with van der Waals surface area (Å²) >= 11 is 0. The van der Waals surface area contributed by atoms with Crippen molar-refractivity contribution in [2.24, 2.45) is 0 Å². The molecule has 4 nitrogen and oxygen atoms in total. The molecule has 0 bridgehead atoms. The minimum atomic E-state index is 0.586. The average Bonchev–Trinajstić information content (AvgIpc) is 3.65. The summed E-state index contributed by atoms with van der Waals surface area (Å²) in [4.78, 5) is 15.0. The molecule has 4 heteroatoms. The molecule has 0 spiro atoms. The third kappa shape index (κ3) is 6.33. The third-order valence-electron chi connectivity index (χ3n) is 10.4. The van der Waals surface area contributed by atoms with Crippen LogP contribution in [0.1, 0.15) is 5.56 Å². The molecule has 0 aliphatic rings. The van der Waals surface area contributed by atoms with Gasteiger partial charge in [-0.2, -0.15) is 0 Å². The van der Waals surface area contributed by atoms with Gasteiger partial charge in [0.2, 0.25) is 0 Å². The molecule has 10 rings (SSSR count). The van der Waals surface area contributed by atoms with Crippen LogP contribution in [-0.2, 0) is 0 Å². The molecule has 0 aliphatic carbocycles. The summed E-state index contributed by atoms with van der Waals surface area (Å²) in [6, 6.07) is 67.6. The van der Waals surface area contributed by atoms with Gasteiger partial charge in [-0.05, 0) is 75.7 Å². The largest absolute Gasteiger partial charge is 0.456 e. The Kier molecular flexibility index (Phi) is 8.34. The van der Waals surface area contributed by atoms with Crippen molar-refractivity contribution in [2.45, 2.75) is 6.92 Å². The van der Waals surface area contributed by atoms with Crippen LogP contribution in [0.15, 0.2) is 199 Å². The lowest BCUT2D eigenvalue weighted by molar-refractivity contribution is 0.669. The summed E-state index contributed by atoms with van der Waals surface area (Å²) in [6.45, 7) is 2.13. The molecule has 0 atom stereocenters. The van der Waals surface area contributed by atoms with Crippen LogP contribution in [0.4, 0.5) is 0 Å². The highest BCUT2D eigenvalue weighted by molar-refractivity contribution is 6.13. The first-order valence-corrected chi connectivity index (χ1v) is 18.8. The van der Waals surface area contributed by atoms with Crippen LogP contribution in [0, 0.1) is 6.92 Å². The van der Waals surface area contributed by atoms with Gasteiger partial charge in [-0.1, -0.05) is 175 Å². The van der Waals surface area contributed by atoms with E-state index in [-0.39, 0.29) is 0 Å². The highest BCUT2D eigenvalue weighted by Crippen LogP contribution is 2.39. The summed E-state index contributed by atoms with van der Waals surface area (Å²) in [5.41, 5.74) is 14.9. The number of nitrogens with zero attached hydrogens (tertiary/aromatic N) is 3. The van der Waals surface area contributed by atoms with Gasteiger partial charge in [-0.15, -0.1) is 0 Å². The van der Waals surface area contributed by atoms with Crippen molar-refractivity contribution < 1.29 is 4.42 Å². The van der Waals surface area contributed by atoms with Gasteiger partial charge in [0.05, 0.1) is 0 Å². The molecular weight excluding hydrogens is 683 g/mol. The van der Waals surface area contributed by atoms with E-state index >= 15 is 0 Å². The molecule has 2 heterocycles. The molecule has 10 aromatic rings. The number of rotatable bonds is 7. The van der Waals surface area contributed by atoms with Crippen molar-refractivity contribution in [1.82, 2.24) is 15.0 Å². The van der Waals surface area contributed by atoms with E-state index in [1.54, 1.807) is 0 Å². The van der Waals surface area contributed by atoms with E-state index in [1.165, 1.54) is 27.8 Å². The highest BCUT2D eigenvalue weighted by atomic mass is 16.3. The average molecular weight is 718 g/mol. The van der Waals surface area contributed by atoms with Gasteiger partial charge in [0.25, 0.3) is 0 Å². The molecular formula is C52H35N3O. The SMILES string of the molecule is Cc1cccc(-c2cccc(-c3ccc(-c4nc(-c5ccccc5)nc(-c5ccc6c(c5)oc5cccc(-c7ccc(-c8ccccc8)cc7)c56)n4)cc3)c2)c1. The second kappa shape index (κ2) is 14.1. The predicted molar refractivity (Wildman–Crippen MR) is 230 cm³/mol. The summed E-state index contributed by atoms with van der Waals surface area (Å²) in [5.74, 6) is 1.81. The van der Waals surface area contributed by atoms with Crippen LogP contribution in [0.2, 0.25) is 0 Å². The van der Waals surface area contributed by atoms with Crippen LogP contribution >= 0.6 is 0 Å². The lowest BCUT2D eigenvalue weighted by Crippen LogP contribution is -2.00. The van der Waals surface area contributed by atoms with E-state index < -0.39 is 0 Å². The van der Waals surface area contributed by atoms with Crippen molar-refractivity contribution in [3.05, 3.63) is 200 Å². The molecule has 0 fully saturated rings. The Morgan fingerprint density at radius 3 is 1.46 bits per heavy atom. The van der Waals surface area contributed by atoms with Gasteiger partial charge < -0.3 is 4.42 Å². The highest BCUT2D eigenvalue weighted by Gasteiger charge is 2.17. The molecule has 0 amide bonds. The first-order valence-electron chi connectivity index (χ1n) is 18.8. The van der Waals surface area contributed by atoms with Crippen molar-refractivity contribution in [2.75, 3.05) is 0 Å². The van der Waals surface area contributed by atoms with E-state index in [1.807, 2.05) is 42.5 Å². The van der Waals surface area contributed by atoms with Crippen LogP contribution in [0.25, 0.3) is 101 Å². The molecule has 8 aromatic carbocycles. The molecule has 0 radical (unpaired) electrons. The maximum atomic E-state index is 6.53. The smallest absolute Gasteiger partial charge is 0.164 e. The van der Waals surface area contributed by atoms with E-state index in [2.05, 4.69) is 159 Å². The molecule has 0 unspecified atom stereocenters. The number of benzene rings is 8. The summed E-state index contributed by atoms with van der Waals surface area (Å²) in [6.07, 6.45) is 0. The Hall–Kier alpha value is -7.43. The molecule has 264 valence electrons. The quantitative estimate of drug-likeness (QED) is 0.165. The zero-order chi connectivity index (χ0) is 37.4. The molecule has 56 heavy (non-hydrogen) atoms. The number of aryl methyl sites for hydroxylation is 1. The lowest BCUT2D eigenvalue weighted by atomic mass is 9.96. The Morgan fingerprint density at radius 2 is 0.786 bits per heavy atom. The van der Waals surface area contributed by atoms with Gasteiger partial charge in [0.1, 0.15) is 11.2 Å². The monoisotopic (exact) mass is 717 g/mol. The molecule has 0 saturated carbocycles. The summed E-state index contributed by atoms with van der Waals surface area (Å²) in [7, 11) is 0. The van der Waals surface area contributed by atoms with Crippen molar-refractivity contribution in [3.8, 4) is 78.7 Å². The lowest BCUT2D eigenvalue weighted by Gasteiger charge is -2.10. The predicted octanol–water partition coefficient (Wildman–Crippen LogP) is 13.7. The number of aromatic nitrogens is 3. The fourth-order valence-electron chi connectivity index (χ4n) is 7.54. The number of furan rings is 1. The van der Waals surface area contributed by atoms with Crippen LogP contribution in [0.3, 0.4) is 0 Å². The molecule has 0 saturated heterocycles. The first-order chi connectivity index (χ1) is 27.6.